The van der Waals surface area contributed by atoms with Crippen LogP contribution >= 0.6 is 0 Å². The second-order valence-corrected chi connectivity index (χ2v) is 5.77. The molecule has 1 amide bonds. The summed E-state index contributed by atoms with van der Waals surface area (Å²) < 4.78 is 6.93. The molecule has 5 nitrogen and oxygen atoms in total. The molecule has 0 radical (unpaired) electrons. The largest absolute Gasteiger partial charge is 0.383 e. The van der Waals surface area contributed by atoms with Crippen molar-refractivity contribution in [1.82, 2.24) is 14.7 Å². The number of aromatic nitrogens is 2. The van der Waals surface area contributed by atoms with Gasteiger partial charge >= 0.3 is 0 Å². The molecule has 0 bridgehead atoms. The zero-order chi connectivity index (χ0) is 14.8. The maximum Gasteiger partial charge on any atom is 0.223 e. The van der Waals surface area contributed by atoms with E-state index >= 15 is 0 Å². The Bertz CT molecular complexity index is 650. The molecule has 0 aliphatic carbocycles. The second kappa shape index (κ2) is 5.85. The molecule has 1 atom stereocenters. The predicted molar refractivity (Wildman–Crippen MR) is 81.0 cm³/mol. The van der Waals surface area contributed by atoms with Crippen LogP contribution < -0.4 is 0 Å². The maximum atomic E-state index is 12.0. The topological polar surface area (TPSA) is 47.4 Å². The predicted octanol–water partition coefficient (Wildman–Crippen LogP) is 1.61. The van der Waals surface area contributed by atoms with Crippen LogP contribution in [0.3, 0.4) is 0 Å². The van der Waals surface area contributed by atoms with E-state index in [1.54, 1.807) is 7.11 Å². The number of carbonyl (C=O) groups is 1. The van der Waals surface area contributed by atoms with Gasteiger partial charge in [0.25, 0.3) is 0 Å². The number of hydrogen-bond donors (Lipinski definition) is 0. The summed E-state index contributed by atoms with van der Waals surface area (Å²) in [5, 5.41) is 5.43. The van der Waals surface area contributed by atoms with Gasteiger partial charge in [-0.05, 0) is 30.0 Å². The number of amides is 1. The summed E-state index contributed by atoms with van der Waals surface area (Å²) in [7, 11) is 3.62. The Morgan fingerprint density at radius 1 is 1.43 bits per heavy atom. The number of aryl methyl sites for hydroxylation is 1. The van der Waals surface area contributed by atoms with E-state index in [-0.39, 0.29) is 5.91 Å². The molecule has 112 valence electrons. The van der Waals surface area contributed by atoms with Crippen molar-refractivity contribution < 1.29 is 9.53 Å². The smallest absolute Gasteiger partial charge is 0.223 e. The van der Waals surface area contributed by atoms with Gasteiger partial charge in [-0.15, -0.1) is 0 Å². The number of ether oxygens (including phenoxy) is 1. The van der Waals surface area contributed by atoms with E-state index in [4.69, 9.17) is 4.74 Å². The van der Waals surface area contributed by atoms with Gasteiger partial charge < -0.3 is 9.64 Å². The van der Waals surface area contributed by atoms with Gasteiger partial charge in [-0.2, -0.15) is 5.10 Å². The van der Waals surface area contributed by atoms with Gasteiger partial charge in [-0.25, -0.2) is 0 Å². The van der Waals surface area contributed by atoms with E-state index in [0.29, 0.717) is 25.5 Å². The maximum absolute atomic E-state index is 12.0. The minimum absolute atomic E-state index is 0.250. The molecule has 0 N–H and O–H groups in total. The SMILES string of the molecule is COCCN1CC(Cc2ccc3c(cnn3C)c2)CC1=O. The van der Waals surface area contributed by atoms with Crippen LogP contribution in [0.1, 0.15) is 12.0 Å². The zero-order valence-electron chi connectivity index (χ0n) is 12.6. The number of hydrogen-bond acceptors (Lipinski definition) is 3. The van der Waals surface area contributed by atoms with Crippen LogP contribution in [0.25, 0.3) is 10.9 Å². The highest BCUT2D eigenvalue weighted by atomic mass is 16.5. The van der Waals surface area contributed by atoms with Crippen LogP contribution in [0.5, 0.6) is 0 Å². The molecule has 21 heavy (non-hydrogen) atoms. The summed E-state index contributed by atoms with van der Waals surface area (Å²) in [6.45, 7) is 2.15. The molecule has 1 unspecified atom stereocenters. The third kappa shape index (κ3) is 2.93. The fourth-order valence-electron chi connectivity index (χ4n) is 3.08. The highest BCUT2D eigenvalue weighted by molar-refractivity contribution is 5.80. The van der Waals surface area contributed by atoms with Gasteiger partial charge in [0, 0.05) is 39.1 Å². The van der Waals surface area contributed by atoms with Gasteiger partial charge in [0.05, 0.1) is 18.3 Å². The van der Waals surface area contributed by atoms with Gasteiger partial charge in [-0.1, -0.05) is 6.07 Å². The molecule has 0 saturated carbocycles. The fraction of sp³-hybridized carbons (Fsp3) is 0.500. The van der Waals surface area contributed by atoms with Crippen molar-refractivity contribution >= 4 is 16.8 Å². The van der Waals surface area contributed by atoms with Crippen molar-refractivity contribution in [2.45, 2.75) is 12.8 Å². The van der Waals surface area contributed by atoms with E-state index < -0.39 is 0 Å². The molecule has 3 rings (SSSR count). The molecule has 1 aromatic heterocycles. The summed E-state index contributed by atoms with van der Waals surface area (Å²) in [6, 6.07) is 6.44. The number of rotatable bonds is 5. The van der Waals surface area contributed by atoms with Crippen LogP contribution in [-0.2, 0) is 23.0 Å². The second-order valence-electron chi connectivity index (χ2n) is 5.77. The number of methoxy groups -OCH3 is 1. The van der Waals surface area contributed by atoms with Crippen molar-refractivity contribution in [2.75, 3.05) is 26.8 Å². The number of carbonyl (C=O) groups excluding carboxylic acids is 1. The van der Waals surface area contributed by atoms with Crippen molar-refractivity contribution in [1.29, 1.82) is 0 Å². The first kappa shape index (κ1) is 14.1. The Morgan fingerprint density at radius 2 is 2.29 bits per heavy atom. The first-order chi connectivity index (χ1) is 10.2. The molecular formula is C16H21N3O2. The fourth-order valence-corrected chi connectivity index (χ4v) is 3.08. The summed E-state index contributed by atoms with van der Waals surface area (Å²) >= 11 is 0. The number of nitrogens with zero attached hydrogens (tertiary/aromatic N) is 3. The Balaban J connectivity index is 1.67. The lowest BCUT2D eigenvalue weighted by atomic mass is 9.98. The Kier molecular flexibility index (Phi) is 3.92. The van der Waals surface area contributed by atoms with Gasteiger partial charge in [-0.3, -0.25) is 9.48 Å². The summed E-state index contributed by atoms with van der Waals surface area (Å²) in [6.07, 6.45) is 3.48. The Labute approximate surface area is 124 Å². The molecule has 1 aliphatic heterocycles. The third-order valence-electron chi connectivity index (χ3n) is 4.19. The van der Waals surface area contributed by atoms with E-state index in [2.05, 4.69) is 23.3 Å². The Morgan fingerprint density at radius 3 is 3.10 bits per heavy atom. The summed E-state index contributed by atoms with van der Waals surface area (Å²) in [4.78, 5) is 13.9. The zero-order valence-corrected chi connectivity index (χ0v) is 12.6. The molecule has 0 spiro atoms. The molecule has 1 saturated heterocycles. The number of benzene rings is 1. The van der Waals surface area contributed by atoms with E-state index in [9.17, 15) is 4.79 Å². The van der Waals surface area contributed by atoms with Crippen molar-refractivity contribution in [2.24, 2.45) is 13.0 Å². The minimum Gasteiger partial charge on any atom is -0.383 e. The standard InChI is InChI=1S/C16H21N3O2/c1-18-15-4-3-12(8-14(15)10-17-18)7-13-9-16(20)19(11-13)5-6-21-2/h3-4,8,10,13H,5-7,9,11H2,1-2H3. The van der Waals surface area contributed by atoms with Crippen LogP contribution in [0.4, 0.5) is 0 Å². The summed E-state index contributed by atoms with van der Waals surface area (Å²) in [5.41, 5.74) is 2.42. The van der Waals surface area contributed by atoms with E-state index in [1.807, 2.05) is 22.8 Å². The van der Waals surface area contributed by atoms with Gasteiger partial charge in [0.2, 0.25) is 5.91 Å². The molecule has 2 aromatic rings. The lowest BCUT2D eigenvalue weighted by Crippen LogP contribution is -2.28. The van der Waals surface area contributed by atoms with Crippen molar-refractivity contribution in [3.8, 4) is 0 Å². The lowest BCUT2D eigenvalue weighted by molar-refractivity contribution is -0.128. The van der Waals surface area contributed by atoms with E-state index in [0.717, 1.165) is 23.9 Å². The monoisotopic (exact) mass is 287 g/mol. The molecule has 1 aliphatic rings. The van der Waals surface area contributed by atoms with Crippen molar-refractivity contribution in [3.05, 3.63) is 30.0 Å². The average Bonchev–Trinajstić information content (AvgIpc) is 3.00. The van der Waals surface area contributed by atoms with Crippen LogP contribution in [0, 0.1) is 5.92 Å². The normalized spacial score (nSPS) is 18.9. The lowest BCUT2D eigenvalue weighted by Gasteiger charge is -2.16. The molecule has 2 heterocycles. The minimum atomic E-state index is 0.250. The van der Waals surface area contributed by atoms with Crippen LogP contribution in [0.15, 0.2) is 24.4 Å². The molecular weight excluding hydrogens is 266 g/mol. The van der Waals surface area contributed by atoms with E-state index in [1.165, 1.54) is 5.56 Å². The average molecular weight is 287 g/mol. The summed E-state index contributed by atoms with van der Waals surface area (Å²) in [5.74, 6) is 0.656. The number of fused-ring (bicyclic) bond motifs is 1. The van der Waals surface area contributed by atoms with Gasteiger partial charge in [0.15, 0.2) is 0 Å². The van der Waals surface area contributed by atoms with Gasteiger partial charge in [0.1, 0.15) is 0 Å². The quantitative estimate of drug-likeness (QED) is 0.839. The highest BCUT2D eigenvalue weighted by Gasteiger charge is 2.29. The Hall–Kier alpha value is -1.88. The number of likely N-dealkylation sites (tertiary alicyclic amines) is 1. The first-order valence-corrected chi connectivity index (χ1v) is 7.34. The van der Waals surface area contributed by atoms with Crippen LogP contribution in [-0.4, -0.2) is 47.4 Å². The first-order valence-electron chi connectivity index (χ1n) is 7.34. The molecule has 5 heteroatoms. The highest BCUT2D eigenvalue weighted by Crippen LogP contribution is 2.23. The molecule has 1 aromatic carbocycles. The van der Waals surface area contributed by atoms with Crippen LogP contribution in [0.2, 0.25) is 0 Å². The van der Waals surface area contributed by atoms with Crippen molar-refractivity contribution in [3.63, 3.8) is 0 Å². The third-order valence-corrected chi connectivity index (χ3v) is 4.19. The molecule has 1 fully saturated rings.